The highest BCUT2D eigenvalue weighted by molar-refractivity contribution is 7.89. The van der Waals surface area contributed by atoms with Gasteiger partial charge in [0.2, 0.25) is 10.0 Å². The van der Waals surface area contributed by atoms with Crippen LogP contribution in [0.4, 0.5) is 0 Å². The van der Waals surface area contributed by atoms with Crippen LogP contribution in [0.1, 0.15) is 10.4 Å². The lowest BCUT2D eigenvalue weighted by atomic mass is 10.1. The molecule has 0 atom stereocenters. The minimum absolute atomic E-state index is 0.175. The fraction of sp³-hybridized carbons (Fsp3) is 0.417. The molecule has 1 aromatic rings. The van der Waals surface area contributed by atoms with E-state index < -0.39 is 41.4 Å². The van der Waals surface area contributed by atoms with Crippen molar-refractivity contribution >= 4 is 16.0 Å². The van der Waals surface area contributed by atoms with Gasteiger partial charge in [-0.2, -0.15) is 4.72 Å². The first-order chi connectivity index (χ1) is 9.84. The number of hydrogen-bond donors (Lipinski definition) is 4. The van der Waals surface area contributed by atoms with Crippen LogP contribution >= 0.6 is 0 Å². The third-order valence-electron chi connectivity index (χ3n) is 2.84. The van der Waals surface area contributed by atoms with Crippen molar-refractivity contribution in [2.45, 2.75) is 10.4 Å². The van der Waals surface area contributed by atoms with Crippen molar-refractivity contribution in [2.24, 2.45) is 0 Å². The van der Waals surface area contributed by atoms with Crippen LogP contribution in [-0.2, 0) is 14.8 Å². The van der Waals surface area contributed by atoms with Gasteiger partial charge in [0.15, 0.2) is 0 Å². The molecule has 1 aromatic carbocycles. The Balaban J connectivity index is 3.05. The van der Waals surface area contributed by atoms with Gasteiger partial charge in [-0.1, -0.05) is 0 Å². The molecule has 0 bridgehead atoms. The number of carbonyl (C=O) groups is 1. The van der Waals surface area contributed by atoms with Crippen LogP contribution < -0.4 is 4.72 Å². The topological polar surface area (TPSA) is 133 Å². The molecular formula is C12H17NO7S. The summed E-state index contributed by atoms with van der Waals surface area (Å²) >= 11 is 0. The Morgan fingerprint density at radius 2 is 1.62 bits per heavy atom. The fourth-order valence-corrected chi connectivity index (χ4v) is 2.85. The summed E-state index contributed by atoms with van der Waals surface area (Å²) in [6, 6.07) is 4.87. The highest BCUT2D eigenvalue weighted by atomic mass is 32.2. The van der Waals surface area contributed by atoms with Crippen molar-refractivity contribution < 1.29 is 33.3 Å². The quantitative estimate of drug-likeness (QED) is 0.448. The van der Waals surface area contributed by atoms with Gasteiger partial charge < -0.3 is 20.1 Å². The van der Waals surface area contributed by atoms with Crippen molar-refractivity contribution in [1.29, 1.82) is 0 Å². The molecule has 0 fully saturated rings. The first kappa shape index (κ1) is 17.5. The summed E-state index contributed by atoms with van der Waals surface area (Å²) in [5.74, 6) is -0.609. The van der Waals surface area contributed by atoms with E-state index in [2.05, 4.69) is 4.74 Å². The van der Waals surface area contributed by atoms with Crippen molar-refractivity contribution in [3.8, 4) is 0 Å². The molecule has 0 aliphatic carbocycles. The maximum Gasteiger partial charge on any atom is 0.337 e. The number of methoxy groups -OCH3 is 1. The Morgan fingerprint density at radius 3 is 2.00 bits per heavy atom. The number of aliphatic hydroxyl groups excluding tert-OH is 3. The Kier molecular flexibility index (Phi) is 5.81. The predicted molar refractivity (Wildman–Crippen MR) is 72.1 cm³/mol. The van der Waals surface area contributed by atoms with Crippen LogP contribution in [0.5, 0.6) is 0 Å². The molecule has 118 valence electrons. The van der Waals surface area contributed by atoms with Crippen LogP contribution in [0, 0.1) is 0 Å². The largest absolute Gasteiger partial charge is 0.465 e. The smallest absolute Gasteiger partial charge is 0.337 e. The fourth-order valence-electron chi connectivity index (χ4n) is 1.48. The maximum absolute atomic E-state index is 12.1. The number of esters is 1. The zero-order valence-corrected chi connectivity index (χ0v) is 12.1. The molecule has 0 aromatic heterocycles. The summed E-state index contributed by atoms with van der Waals surface area (Å²) in [4.78, 5) is 11.1. The Bertz CT molecular complexity index is 570. The number of ether oxygens (including phenoxy) is 1. The van der Waals surface area contributed by atoms with Gasteiger partial charge in [-0.05, 0) is 24.3 Å². The minimum Gasteiger partial charge on any atom is -0.465 e. The van der Waals surface area contributed by atoms with Crippen LogP contribution in [0.15, 0.2) is 29.2 Å². The number of carbonyl (C=O) groups excluding carboxylic acids is 1. The van der Waals surface area contributed by atoms with E-state index in [1.54, 1.807) is 0 Å². The average Bonchev–Trinajstić information content (AvgIpc) is 2.52. The van der Waals surface area contributed by atoms with Crippen LogP contribution in [0.3, 0.4) is 0 Å². The number of sulfonamides is 1. The third-order valence-corrected chi connectivity index (χ3v) is 4.44. The lowest BCUT2D eigenvalue weighted by molar-refractivity contribution is 0.0581. The van der Waals surface area contributed by atoms with Crippen LogP contribution in [0.2, 0.25) is 0 Å². The van der Waals surface area contributed by atoms with E-state index in [0.717, 1.165) is 0 Å². The molecule has 9 heteroatoms. The first-order valence-corrected chi connectivity index (χ1v) is 7.37. The van der Waals surface area contributed by atoms with Gasteiger partial charge in [0.1, 0.15) is 5.54 Å². The van der Waals surface area contributed by atoms with E-state index in [9.17, 15) is 13.2 Å². The molecule has 0 amide bonds. The summed E-state index contributed by atoms with van der Waals surface area (Å²) in [6.07, 6.45) is 0. The highest BCUT2D eigenvalue weighted by Gasteiger charge is 2.33. The van der Waals surface area contributed by atoms with E-state index in [4.69, 9.17) is 15.3 Å². The second-order valence-corrected chi connectivity index (χ2v) is 6.06. The molecule has 0 saturated heterocycles. The van der Waals surface area contributed by atoms with Crippen LogP contribution in [0.25, 0.3) is 0 Å². The number of nitrogens with one attached hydrogen (secondary N) is 1. The van der Waals surface area contributed by atoms with Gasteiger partial charge in [-0.25, -0.2) is 13.2 Å². The van der Waals surface area contributed by atoms with Crippen molar-refractivity contribution in [3.63, 3.8) is 0 Å². The van der Waals surface area contributed by atoms with Gasteiger partial charge >= 0.3 is 5.97 Å². The predicted octanol–water partition coefficient (Wildman–Crippen LogP) is -1.53. The maximum atomic E-state index is 12.1. The van der Waals surface area contributed by atoms with Gasteiger partial charge in [0.05, 0.1) is 37.4 Å². The monoisotopic (exact) mass is 319 g/mol. The molecule has 0 heterocycles. The molecule has 21 heavy (non-hydrogen) atoms. The molecule has 0 aliphatic rings. The van der Waals surface area contributed by atoms with Crippen molar-refractivity contribution in [1.82, 2.24) is 4.72 Å². The third kappa shape index (κ3) is 3.99. The first-order valence-electron chi connectivity index (χ1n) is 5.89. The summed E-state index contributed by atoms with van der Waals surface area (Å²) in [6.45, 7) is -2.33. The summed E-state index contributed by atoms with van der Waals surface area (Å²) in [5.41, 5.74) is -1.59. The molecule has 0 spiro atoms. The number of hydrogen-bond acceptors (Lipinski definition) is 7. The standard InChI is InChI=1S/C12H17NO7S/c1-20-11(17)9-2-4-10(5-3-9)21(18,19)13-12(6-14,7-15)8-16/h2-5,13-16H,6-8H2,1H3. The average molecular weight is 319 g/mol. The summed E-state index contributed by atoms with van der Waals surface area (Å²) in [7, 11) is -2.88. The van der Waals surface area contributed by atoms with Gasteiger partial charge in [-0.3, -0.25) is 0 Å². The molecule has 0 radical (unpaired) electrons. The van der Waals surface area contributed by atoms with Gasteiger partial charge in [-0.15, -0.1) is 0 Å². The minimum atomic E-state index is -4.09. The van der Waals surface area contributed by atoms with E-state index in [-0.39, 0.29) is 10.5 Å². The van der Waals surface area contributed by atoms with E-state index in [1.807, 2.05) is 4.72 Å². The number of benzene rings is 1. The lowest BCUT2D eigenvalue weighted by Crippen LogP contribution is -2.56. The number of rotatable bonds is 7. The lowest BCUT2D eigenvalue weighted by Gasteiger charge is -2.28. The SMILES string of the molecule is COC(=O)c1ccc(S(=O)(=O)NC(CO)(CO)CO)cc1. The normalized spacial score (nSPS) is 12.2. The molecule has 0 aliphatic heterocycles. The van der Waals surface area contributed by atoms with E-state index in [1.165, 1.54) is 31.4 Å². The number of aliphatic hydroxyl groups is 3. The van der Waals surface area contributed by atoms with E-state index >= 15 is 0 Å². The van der Waals surface area contributed by atoms with E-state index in [0.29, 0.717) is 0 Å². The Labute approximate surface area is 122 Å². The zero-order valence-electron chi connectivity index (χ0n) is 11.3. The second-order valence-electron chi connectivity index (χ2n) is 4.38. The van der Waals surface area contributed by atoms with Crippen molar-refractivity contribution in [3.05, 3.63) is 29.8 Å². The van der Waals surface area contributed by atoms with Gasteiger partial charge in [0.25, 0.3) is 0 Å². The molecule has 1 rings (SSSR count). The summed E-state index contributed by atoms with van der Waals surface area (Å²) in [5, 5.41) is 27.4. The Morgan fingerprint density at radius 1 is 1.14 bits per heavy atom. The van der Waals surface area contributed by atoms with Crippen molar-refractivity contribution in [2.75, 3.05) is 26.9 Å². The molecule has 0 saturated carbocycles. The molecule has 0 unspecified atom stereocenters. The summed E-state index contributed by atoms with van der Waals surface area (Å²) < 4.78 is 30.8. The van der Waals surface area contributed by atoms with Gasteiger partial charge in [0, 0.05) is 0 Å². The molecular weight excluding hydrogens is 302 g/mol. The highest BCUT2D eigenvalue weighted by Crippen LogP contribution is 2.14. The van der Waals surface area contributed by atoms with Crippen LogP contribution in [-0.4, -0.2) is 62.2 Å². The second kappa shape index (κ2) is 6.96. The zero-order chi connectivity index (χ0) is 16.1. The molecule has 4 N–H and O–H groups in total. The molecule has 8 nitrogen and oxygen atoms in total. The Hall–Kier alpha value is -1.52.